The predicted molar refractivity (Wildman–Crippen MR) is 89.1 cm³/mol. The first-order chi connectivity index (χ1) is 10.6. The van der Waals surface area contributed by atoms with E-state index in [0.717, 1.165) is 22.1 Å². The van der Waals surface area contributed by atoms with E-state index >= 15 is 0 Å². The molecule has 2 aromatic rings. The summed E-state index contributed by atoms with van der Waals surface area (Å²) >= 11 is 1.46. The maximum Gasteiger partial charge on any atom is 0.248 e. The summed E-state index contributed by atoms with van der Waals surface area (Å²) in [6.07, 6.45) is 1.71. The fourth-order valence-electron chi connectivity index (χ4n) is 2.65. The summed E-state index contributed by atoms with van der Waals surface area (Å²) in [5.74, 6) is 0.920. The molecule has 1 aliphatic heterocycles. The fourth-order valence-corrected chi connectivity index (χ4v) is 3.28. The molecule has 0 atom stereocenters. The molecule has 0 radical (unpaired) electrons. The molecule has 0 saturated carbocycles. The van der Waals surface area contributed by atoms with Gasteiger partial charge in [-0.15, -0.1) is 11.3 Å². The highest BCUT2D eigenvalue weighted by atomic mass is 32.1. The van der Waals surface area contributed by atoms with Crippen molar-refractivity contribution in [1.29, 1.82) is 0 Å². The smallest absolute Gasteiger partial charge is 0.248 e. The second-order valence-corrected chi connectivity index (χ2v) is 6.34. The third kappa shape index (κ3) is 2.78. The molecule has 0 aliphatic carbocycles. The first-order valence-electron chi connectivity index (χ1n) is 7.21. The second-order valence-electron chi connectivity index (χ2n) is 5.47. The summed E-state index contributed by atoms with van der Waals surface area (Å²) in [4.78, 5) is 20.4. The molecule has 22 heavy (non-hydrogen) atoms. The largest absolute Gasteiger partial charge is 0.489 e. The zero-order chi connectivity index (χ0) is 15.7. The van der Waals surface area contributed by atoms with Gasteiger partial charge in [0.1, 0.15) is 12.4 Å². The number of aromatic nitrogens is 1. The SMILES string of the molecule is Cc1cc(C)c2c(c1)N(CC(=O)N(C)c1nccs1)CCO2. The number of hydrogen-bond acceptors (Lipinski definition) is 5. The summed E-state index contributed by atoms with van der Waals surface area (Å²) in [7, 11) is 1.77. The standard InChI is InChI=1S/C16H19N3O2S/c1-11-8-12(2)15-13(9-11)19(5-6-21-15)10-14(20)18(3)16-17-4-7-22-16/h4,7-9H,5-6,10H2,1-3H3. The number of nitrogens with zero attached hydrogens (tertiary/aromatic N) is 3. The minimum atomic E-state index is 0.0296. The number of hydrogen-bond donors (Lipinski definition) is 0. The first kappa shape index (κ1) is 14.8. The molecule has 0 N–H and O–H groups in total. The Bertz CT molecular complexity index is 685. The lowest BCUT2D eigenvalue weighted by Crippen LogP contribution is -2.42. The Morgan fingerprint density at radius 2 is 2.27 bits per heavy atom. The van der Waals surface area contributed by atoms with Crippen LogP contribution < -0.4 is 14.5 Å². The van der Waals surface area contributed by atoms with Gasteiger partial charge in [-0.05, 0) is 31.0 Å². The molecule has 1 aromatic carbocycles. The number of carbonyl (C=O) groups is 1. The van der Waals surface area contributed by atoms with Crippen LogP contribution in [-0.4, -0.2) is 37.6 Å². The average Bonchev–Trinajstić information content (AvgIpc) is 3.01. The van der Waals surface area contributed by atoms with Gasteiger partial charge in [-0.3, -0.25) is 9.69 Å². The molecule has 0 unspecified atom stereocenters. The maximum absolute atomic E-state index is 12.5. The van der Waals surface area contributed by atoms with Crippen molar-refractivity contribution in [3.8, 4) is 5.75 Å². The Morgan fingerprint density at radius 1 is 1.45 bits per heavy atom. The van der Waals surface area contributed by atoms with Gasteiger partial charge < -0.3 is 9.64 Å². The van der Waals surface area contributed by atoms with Crippen molar-refractivity contribution in [3.05, 3.63) is 34.8 Å². The predicted octanol–water partition coefficient (Wildman–Crippen LogP) is 2.62. The molecule has 0 spiro atoms. The Hall–Kier alpha value is -2.08. The summed E-state index contributed by atoms with van der Waals surface area (Å²) < 4.78 is 5.78. The Balaban J connectivity index is 1.81. The molecular weight excluding hydrogens is 298 g/mol. The van der Waals surface area contributed by atoms with Crippen LogP contribution in [0.3, 0.4) is 0 Å². The van der Waals surface area contributed by atoms with E-state index in [1.54, 1.807) is 18.1 Å². The molecule has 116 valence electrons. The molecule has 2 heterocycles. The van der Waals surface area contributed by atoms with Crippen LogP contribution >= 0.6 is 11.3 Å². The second kappa shape index (κ2) is 5.96. The van der Waals surface area contributed by atoms with Crippen molar-refractivity contribution < 1.29 is 9.53 Å². The number of likely N-dealkylation sites (N-methyl/N-ethyl adjacent to an activating group) is 1. The Kier molecular flexibility index (Phi) is 4.02. The van der Waals surface area contributed by atoms with Crippen molar-refractivity contribution >= 4 is 28.1 Å². The van der Waals surface area contributed by atoms with Gasteiger partial charge in [-0.1, -0.05) is 6.07 Å². The van der Waals surface area contributed by atoms with E-state index in [9.17, 15) is 4.79 Å². The number of rotatable bonds is 3. The minimum Gasteiger partial charge on any atom is -0.489 e. The van der Waals surface area contributed by atoms with Gasteiger partial charge in [0, 0.05) is 18.6 Å². The molecule has 1 aliphatic rings. The van der Waals surface area contributed by atoms with Gasteiger partial charge in [0.25, 0.3) is 0 Å². The summed E-state index contributed by atoms with van der Waals surface area (Å²) in [5, 5.41) is 2.59. The molecule has 0 saturated heterocycles. The zero-order valence-corrected chi connectivity index (χ0v) is 13.8. The molecule has 0 fully saturated rings. The van der Waals surface area contributed by atoms with E-state index < -0.39 is 0 Å². The van der Waals surface area contributed by atoms with Crippen molar-refractivity contribution in [2.75, 3.05) is 36.5 Å². The molecule has 0 bridgehead atoms. The first-order valence-corrected chi connectivity index (χ1v) is 8.09. The molecule has 6 heteroatoms. The van der Waals surface area contributed by atoms with Crippen LogP contribution in [0.15, 0.2) is 23.7 Å². The van der Waals surface area contributed by atoms with E-state index in [0.29, 0.717) is 19.7 Å². The number of aryl methyl sites for hydroxylation is 2. The maximum atomic E-state index is 12.5. The number of carbonyl (C=O) groups excluding carboxylic acids is 1. The third-order valence-corrected chi connectivity index (χ3v) is 4.60. The average molecular weight is 317 g/mol. The molecule has 3 rings (SSSR count). The number of fused-ring (bicyclic) bond motifs is 1. The zero-order valence-electron chi connectivity index (χ0n) is 13.0. The van der Waals surface area contributed by atoms with Crippen molar-refractivity contribution in [1.82, 2.24) is 4.98 Å². The lowest BCUT2D eigenvalue weighted by molar-refractivity contribution is -0.117. The monoisotopic (exact) mass is 317 g/mol. The number of amides is 1. The summed E-state index contributed by atoms with van der Waals surface area (Å²) in [6.45, 7) is 5.75. The lowest BCUT2D eigenvalue weighted by atomic mass is 10.1. The number of thiazole rings is 1. The van der Waals surface area contributed by atoms with Gasteiger partial charge in [-0.25, -0.2) is 4.98 Å². The van der Waals surface area contributed by atoms with Crippen LogP contribution in [0, 0.1) is 13.8 Å². The van der Waals surface area contributed by atoms with Gasteiger partial charge in [0.15, 0.2) is 5.13 Å². The Labute approximate surface area is 134 Å². The van der Waals surface area contributed by atoms with Crippen molar-refractivity contribution in [2.45, 2.75) is 13.8 Å². The summed E-state index contributed by atoms with van der Waals surface area (Å²) in [6, 6.07) is 4.18. The minimum absolute atomic E-state index is 0.0296. The van der Waals surface area contributed by atoms with Crippen LogP contribution in [0.1, 0.15) is 11.1 Å². The van der Waals surface area contributed by atoms with Gasteiger partial charge in [0.2, 0.25) is 5.91 Å². The van der Waals surface area contributed by atoms with Crippen LogP contribution in [0.5, 0.6) is 5.75 Å². The topological polar surface area (TPSA) is 45.7 Å². The van der Waals surface area contributed by atoms with Crippen molar-refractivity contribution in [3.63, 3.8) is 0 Å². The van der Waals surface area contributed by atoms with Crippen LogP contribution in [0.25, 0.3) is 0 Å². The molecule has 1 amide bonds. The fraction of sp³-hybridized carbons (Fsp3) is 0.375. The van der Waals surface area contributed by atoms with Crippen LogP contribution in [0.4, 0.5) is 10.8 Å². The summed E-state index contributed by atoms with van der Waals surface area (Å²) in [5.41, 5.74) is 3.29. The highest BCUT2D eigenvalue weighted by Gasteiger charge is 2.24. The highest BCUT2D eigenvalue weighted by Crippen LogP contribution is 2.35. The van der Waals surface area contributed by atoms with Crippen molar-refractivity contribution in [2.24, 2.45) is 0 Å². The van der Waals surface area contributed by atoms with E-state index in [1.807, 2.05) is 12.3 Å². The number of benzene rings is 1. The highest BCUT2D eigenvalue weighted by molar-refractivity contribution is 7.13. The van der Waals surface area contributed by atoms with Gasteiger partial charge >= 0.3 is 0 Å². The molecule has 1 aromatic heterocycles. The van der Waals surface area contributed by atoms with E-state index in [2.05, 4.69) is 28.9 Å². The molecule has 5 nitrogen and oxygen atoms in total. The lowest BCUT2D eigenvalue weighted by Gasteiger charge is -2.32. The normalized spacial score (nSPS) is 13.5. The van der Waals surface area contributed by atoms with Gasteiger partial charge in [0.05, 0.1) is 18.8 Å². The van der Waals surface area contributed by atoms with E-state index in [-0.39, 0.29) is 5.91 Å². The number of ether oxygens (including phenoxy) is 1. The number of anilines is 2. The molecular formula is C16H19N3O2S. The third-order valence-electron chi connectivity index (χ3n) is 3.75. The van der Waals surface area contributed by atoms with Gasteiger partial charge in [-0.2, -0.15) is 0 Å². The van der Waals surface area contributed by atoms with Crippen LogP contribution in [0.2, 0.25) is 0 Å². The van der Waals surface area contributed by atoms with E-state index in [1.165, 1.54) is 16.9 Å². The van der Waals surface area contributed by atoms with E-state index in [4.69, 9.17) is 4.74 Å². The quantitative estimate of drug-likeness (QED) is 0.873. The Morgan fingerprint density at radius 3 is 3.00 bits per heavy atom. The van der Waals surface area contributed by atoms with Crippen LogP contribution in [-0.2, 0) is 4.79 Å².